The van der Waals surface area contributed by atoms with E-state index in [0.717, 1.165) is 22.9 Å². The third-order valence-electron chi connectivity index (χ3n) is 3.15. The summed E-state index contributed by atoms with van der Waals surface area (Å²) < 4.78 is 1.28. The average molecular weight is 336 g/mol. The molecule has 88 valence electrons. The second kappa shape index (κ2) is 8.23. The Hall–Kier alpha value is 0.0799. The van der Waals surface area contributed by atoms with Gasteiger partial charge in [-0.05, 0) is 0 Å². The summed E-state index contributed by atoms with van der Waals surface area (Å²) in [6.45, 7) is 1.98. The number of alkyl halides is 1. The maximum absolute atomic E-state index is 6.06. The molecule has 0 aromatic carbocycles. The maximum atomic E-state index is 6.06. The third kappa shape index (κ3) is 4.69. The summed E-state index contributed by atoms with van der Waals surface area (Å²) in [4.78, 5) is 0. The zero-order valence-electron chi connectivity index (χ0n) is 10.6. The van der Waals surface area contributed by atoms with Gasteiger partial charge in [0.25, 0.3) is 0 Å². The molecule has 0 aromatic heterocycles. The summed E-state index contributed by atoms with van der Waals surface area (Å²) in [5.41, 5.74) is 3.96. The fourth-order valence-electron chi connectivity index (χ4n) is 2.14. The van der Waals surface area contributed by atoms with Gasteiger partial charge < -0.3 is 0 Å². The van der Waals surface area contributed by atoms with E-state index in [-0.39, 0.29) is 0 Å². The van der Waals surface area contributed by atoms with Gasteiger partial charge in [-0.1, -0.05) is 0 Å². The molecule has 1 aliphatic rings. The van der Waals surface area contributed by atoms with E-state index in [1.807, 2.05) is 19.1 Å². The Kier molecular flexibility index (Phi) is 7.33. The van der Waals surface area contributed by atoms with E-state index in [1.165, 1.54) is 42.1 Å². The fourth-order valence-corrected chi connectivity index (χ4v) is 2.68. The van der Waals surface area contributed by atoms with Crippen molar-refractivity contribution in [2.75, 3.05) is 4.43 Å². The first-order chi connectivity index (χ1) is 8.20. The number of hydrogen-bond acceptors (Lipinski definition) is 0. The van der Waals surface area contributed by atoms with Crippen molar-refractivity contribution in [1.29, 1.82) is 0 Å². The molecule has 3 heteroatoms. The van der Waals surface area contributed by atoms with Gasteiger partial charge in [-0.25, -0.2) is 0 Å². The SMILES string of the molecule is [B]=C1C=C(CCCCCCCI)C(=[B])/C1=C/C. The van der Waals surface area contributed by atoms with Crippen molar-refractivity contribution in [3.63, 3.8) is 0 Å². The summed E-state index contributed by atoms with van der Waals surface area (Å²) >= 11 is 2.44. The second-order valence-electron chi connectivity index (χ2n) is 4.45. The van der Waals surface area contributed by atoms with Gasteiger partial charge in [-0.2, -0.15) is 0 Å². The van der Waals surface area contributed by atoms with Gasteiger partial charge >= 0.3 is 122 Å². The molecule has 1 rings (SSSR count). The molecule has 0 N–H and O–H groups in total. The van der Waals surface area contributed by atoms with E-state index in [1.54, 1.807) is 0 Å². The first-order valence-electron chi connectivity index (χ1n) is 6.39. The van der Waals surface area contributed by atoms with Gasteiger partial charge in [0.2, 0.25) is 0 Å². The Bertz CT molecular complexity index is 353. The minimum atomic E-state index is 0.824. The van der Waals surface area contributed by atoms with Crippen molar-refractivity contribution in [2.45, 2.75) is 45.4 Å². The van der Waals surface area contributed by atoms with Gasteiger partial charge in [-0.3, -0.25) is 0 Å². The van der Waals surface area contributed by atoms with Crippen LogP contribution in [0.5, 0.6) is 0 Å². The van der Waals surface area contributed by atoms with Gasteiger partial charge in [0, 0.05) is 0 Å². The topological polar surface area (TPSA) is 0 Å². The number of allylic oxidation sites excluding steroid dienone is 4. The standard InChI is InChI=1S/C14H19B2I/c1-2-12-13(15)10-11(14(12)16)8-6-4-3-5-7-9-17/h2,10H,3-9H2,1H3/b12-2+. The van der Waals surface area contributed by atoms with Crippen LogP contribution in [-0.4, -0.2) is 30.3 Å². The van der Waals surface area contributed by atoms with E-state index in [4.69, 9.17) is 15.0 Å². The summed E-state index contributed by atoms with van der Waals surface area (Å²) in [5, 5.41) is 0. The fraction of sp³-hybridized carbons (Fsp3) is 0.571. The van der Waals surface area contributed by atoms with Crippen LogP contribution in [0.4, 0.5) is 0 Å². The normalized spacial score (nSPS) is 17.9. The van der Waals surface area contributed by atoms with Crippen LogP contribution >= 0.6 is 22.6 Å². The Labute approximate surface area is 121 Å². The number of rotatable bonds is 7. The Morgan fingerprint density at radius 2 is 1.76 bits per heavy atom. The molecule has 17 heavy (non-hydrogen) atoms. The molecule has 0 unspecified atom stereocenters. The van der Waals surface area contributed by atoms with Crippen LogP contribution in [-0.2, 0) is 0 Å². The minimum absolute atomic E-state index is 0.824. The van der Waals surface area contributed by atoms with E-state index >= 15 is 0 Å². The molecule has 0 fully saturated rings. The van der Waals surface area contributed by atoms with Crippen molar-refractivity contribution in [2.24, 2.45) is 0 Å². The molecular formula is C14H19B2I. The van der Waals surface area contributed by atoms with Crippen LogP contribution in [0.25, 0.3) is 0 Å². The van der Waals surface area contributed by atoms with Crippen molar-refractivity contribution in [1.82, 2.24) is 0 Å². The van der Waals surface area contributed by atoms with Crippen LogP contribution in [0, 0.1) is 0 Å². The summed E-state index contributed by atoms with van der Waals surface area (Å²) in [6.07, 6.45) is 11.7. The molecule has 0 amide bonds. The van der Waals surface area contributed by atoms with Crippen LogP contribution in [0.2, 0.25) is 0 Å². The van der Waals surface area contributed by atoms with Gasteiger partial charge in [0.15, 0.2) is 0 Å². The summed E-state index contributed by atoms with van der Waals surface area (Å²) in [5.74, 6) is 0. The molecule has 0 aromatic rings. The Balaban J connectivity index is 2.27. The van der Waals surface area contributed by atoms with E-state index < -0.39 is 0 Å². The molecule has 1 aliphatic carbocycles. The first kappa shape index (κ1) is 15.1. The molecule has 0 saturated carbocycles. The molecule has 0 heterocycles. The molecule has 0 aliphatic heterocycles. The van der Waals surface area contributed by atoms with Crippen LogP contribution in [0.15, 0.2) is 23.3 Å². The van der Waals surface area contributed by atoms with Crippen LogP contribution in [0.1, 0.15) is 45.4 Å². The molecule has 0 atom stereocenters. The van der Waals surface area contributed by atoms with Gasteiger partial charge in [0.05, 0.1) is 0 Å². The van der Waals surface area contributed by atoms with Gasteiger partial charge in [-0.15, -0.1) is 0 Å². The molecule has 2 radical (unpaired) electrons. The number of halogens is 1. The Morgan fingerprint density at radius 3 is 2.35 bits per heavy atom. The number of hydrogen-bond donors (Lipinski definition) is 0. The van der Waals surface area contributed by atoms with E-state index in [9.17, 15) is 0 Å². The van der Waals surface area contributed by atoms with Crippen LogP contribution in [0.3, 0.4) is 0 Å². The van der Waals surface area contributed by atoms with Crippen molar-refractivity contribution >= 4 is 48.5 Å². The molecule has 0 saturated heterocycles. The predicted molar refractivity (Wildman–Crippen MR) is 90.0 cm³/mol. The van der Waals surface area contributed by atoms with Crippen molar-refractivity contribution in [3.05, 3.63) is 23.3 Å². The quantitative estimate of drug-likeness (QED) is 0.290. The monoisotopic (exact) mass is 336 g/mol. The zero-order chi connectivity index (χ0) is 12.7. The third-order valence-corrected chi connectivity index (χ3v) is 3.91. The van der Waals surface area contributed by atoms with E-state index in [2.05, 4.69) is 22.6 Å². The summed E-state index contributed by atoms with van der Waals surface area (Å²) in [7, 11) is 12.0. The zero-order valence-corrected chi connectivity index (χ0v) is 12.8. The summed E-state index contributed by atoms with van der Waals surface area (Å²) in [6, 6.07) is 0. The number of unbranched alkanes of at least 4 members (excludes halogenated alkanes) is 4. The van der Waals surface area contributed by atoms with Crippen LogP contribution < -0.4 is 0 Å². The molecule has 0 bridgehead atoms. The molecule has 0 spiro atoms. The Morgan fingerprint density at radius 1 is 1.12 bits per heavy atom. The second-order valence-corrected chi connectivity index (χ2v) is 5.53. The molecule has 0 nitrogen and oxygen atoms in total. The van der Waals surface area contributed by atoms with Crippen molar-refractivity contribution in [3.8, 4) is 0 Å². The van der Waals surface area contributed by atoms with Gasteiger partial charge in [0.1, 0.15) is 0 Å². The molecular weight excluding hydrogens is 317 g/mol. The van der Waals surface area contributed by atoms with Crippen molar-refractivity contribution < 1.29 is 0 Å². The average Bonchev–Trinajstić information content (AvgIpc) is 2.58. The predicted octanol–water partition coefficient (Wildman–Crippen LogP) is 3.33. The van der Waals surface area contributed by atoms with E-state index in [0.29, 0.717) is 0 Å². The first-order valence-corrected chi connectivity index (χ1v) is 7.92.